The Balaban J connectivity index is 1.87. The SMILES string of the molecule is NCc1ccoc1COCc1cccc(Cl)c1. The fourth-order valence-corrected chi connectivity index (χ4v) is 1.78. The number of hydrogen-bond donors (Lipinski definition) is 1. The molecule has 1 heterocycles. The smallest absolute Gasteiger partial charge is 0.133 e. The number of hydrogen-bond acceptors (Lipinski definition) is 3. The molecular weight excluding hydrogens is 238 g/mol. The summed E-state index contributed by atoms with van der Waals surface area (Å²) in [6.07, 6.45) is 1.63. The van der Waals surface area contributed by atoms with Gasteiger partial charge in [0.1, 0.15) is 12.4 Å². The molecule has 0 unspecified atom stereocenters. The van der Waals surface area contributed by atoms with Crippen LogP contribution in [0.2, 0.25) is 5.02 Å². The summed E-state index contributed by atoms with van der Waals surface area (Å²) in [5.74, 6) is 0.787. The van der Waals surface area contributed by atoms with Gasteiger partial charge in [-0.15, -0.1) is 0 Å². The molecular formula is C13H14ClNO2. The molecule has 0 radical (unpaired) electrons. The maximum absolute atomic E-state index is 5.88. The van der Waals surface area contributed by atoms with Gasteiger partial charge in [0.2, 0.25) is 0 Å². The summed E-state index contributed by atoms with van der Waals surface area (Å²) in [5.41, 5.74) is 7.59. The Morgan fingerprint density at radius 1 is 1.24 bits per heavy atom. The highest BCUT2D eigenvalue weighted by atomic mass is 35.5. The van der Waals surface area contributed by atoms with Crippen molar-refractivity contribution in [1.82, 2.24) is 0 Å². The van der Waals surface area contributed by atoms with E-state index in [4.69, 9.17) is 26.5 Å². The molecule has 0 aliphatic carbocycles. The largest absolute Gasteiger partial charge is 0.467 e. The molecule has 0 saturated carbocycles. The van der Waals surface area contributed by atoms with Crippen molar-refractivity contribution in [3.05, 3.63) is 58.5 Å². The van der Waals surface area contributed by atoms with Crippen molar-refractivity contribution in [2.24, 2.45) is 5.73 Å². The second kappa shape index (κ2) is 5.87. The number of ether oxygens (including phenoxy) is 1. The molecule has 3 nitrogen and oxygen atoms in total. The zero-order chi connectivity index (χ0) is 12.1. The van der Waals surface area contributed by atoms with Gasteiger partial charge in [-0.05, 0) is 23.8 Å². The van der Waals surface area contributed by atoms with Crippen molar-refractivity contribution in [2.45, 2.75) is 19.8 Å². The summed E-state index contributed by atoms with van der Waals surface area (Å²) in [4.78, 5) is 0. The molecule has 0 amide bonds. The molecule has 2 aromatic rings. The van der Waals surface area contributed by atoms with E-state index in [1.165, 1.54) is 0 Å². The third-order valence-corrected chi connectivity index (χ3v) is 2.68. The van der Waals surface area contributed by atoms with Crippen molar-refractivity contribution in [2.75, 3.05) is 0 Å². The van der Waals surface area contributed by atoms with Crippen LogP contribution in [0.1, 0.15) is 16.9 Å². The third-order valence-electron chi connectivity index (χ3n) is 2.45. The summed E-state index contributed by atoms with van der Waals surface area (Å²) >= 11 is 5.88. The zero-order valence-corrected chi connectivity index (χ0v) is 10.1. The van der Waals surface area contributed by atoms with E-state index in [9.17, 15) is 0 Å². The second-order valence-electron chi connectivity index (χ2n) is 3.70. The summed E-state index contributed by atoms with van der Waals surface area (Å²) in [5, 5.41) is 0.715. The predicted octanol–water partition coefficient (Wildman–Crippen LogP) is 3.11. The lowest BCUT2D eigenvalue weighted by Crippen LogP contribution is -2.00. The second-order valence-corrected chi connectivity index (χ2v) is 4.13. The van der Waals surface area contributed by atoms with E-state index in [2.05, 4.69) is 0 Å². The van der Waals surface area contributed by atoms with Gasteiger partial charge in [0.05, 0.1) is 12.9 Å². The topological polar surface area (TPSA) is 48.4 Å². The number of rotatable bonds is 5. The monoisotopic (exact) mass is 251 g/mol. The molecule has 0 fully saturated rings. The molecule has 1 aromatic carbocycles. The third kappa shape index (κ3) is 3.33. The van der Waals surface area contributed by atoms with E-state index in [1.807, 2.05) is 30.3 Å². The number of benzene rings is 1. The normalized spacial score (nSPS) is 10.7. The Bertz CT molecular complexity index is 482. The van der Waals surface area contributed by atoms with Crippen molar-refractivity contribution < 1.29 is 9.15 Å². The predicted molar refractivity (Wildman–Crippen MR) is 66.5 cm³/mol. The van der Waals surface area contributed by atoms with Gasteiger partial charge >= 0.3 is 0 Å². The van der Waals surface area contributed by atoms with Crippen LogP contribution in [0.4, 0.5) is 0 Å². The minimum Gasteiger partial charge on any atom is -0.467 e. The van der Waals surface area contributed by atoms with Crippen molar-refractivity contribution >= 4 is 11.6 Å². The van der Waals surface area contributed by atoms with Crippen LogP contribution >= 0.6 is 11.6 Å². The summed E-state index contributed by atoms with van der Waals surface area (Å²) < 4.78 is 10.8. The minimum absolute atomic E-state index is 0.423. The van der Waals surface area contributed by atoms with Gasteiger partial charge in [0.25, 0.3) is 0 Å². The van der Waals surface area contributed by atoms with E-state index in [0.29, 0.717) is 24.8 Å². The first-order chi connectivity index (χ1) is 8.29. The molecule has 0 aliphatic rings. The summed E-state index contributed by atoms with van der Waals surface area (Å²) in [6, 6.07) is 9.45. The lowest BCUT2D eigenvalue weighted by Gasteiger charge is -2.04. The zero-order valence-electron chi connectivity index (χ0n) is 9.36. The van der Waals surface area contributed by atoms with Crippen molar-refractivity contribution in [3.8, 4) is 0 Å². The first-order valence-corrected chi connectivity index (χ1v) is 5.75. The number of halogens is 1. The quantitative estimate of drug-likeness (QED) is 0.888. The Morgan fingerprint density at radius 3 is 2.88 bits per heavy atom. The average molecular weight is 252 g/mol. The maximum Gasteiger partial charge on any atom is 0.133 e. The van der Waals surface area contributed by atoms with Crippen LogP contribution in [-0.2, 0) is 24.5 Å². The van der Waals surface area contributed by atoms with Gasteiger partial charge in [0.15, 0.2) is 0 Å². The standard InChI is InChI=1S/C13H14ClNO2/c14-12-3-1-2-10(6-12)8-16-9-13-11(7-15)4-5-17-13/h1-6H,7-9,15H2. The highest BCUT2D eigenvalue weighted by Gasteiger charge is 2.04. The highest BCUT2D eigenvalue weighted by Crippen LogP contribution is 2.14. The molecule has 4 heteroatoms. The Labute approximate surface area is 105 Å². The molecule has 2 N–H and O–H groups in total. The first kappa shape index (κ1) is 12.2. The molecule has 17 heavy (non-hydrogen) atoms. The van der Waals surface area contributed by atoms with Crippen LogP contribution in [0.3, 0.4) is 0 Å². The Hall–Kier alpha value is -1.29. The van der Waals surface area contributed by atoms with Crippen LogP contribution < -0.4 is 5.73 Å². The van der Waals surface area contributed by atoms with E-state index in [-0.39, 0.29) is 0 Å². The van der Waals surface area contributed by atoms with Crippen molar-refractivity contribution in [1.29, 1.82) is 0 Å². The van der Waals surface area contributed by atoms with E-state index in [1.54, 1.807) is 6.26 Å². The molecule has 2 rings (SSSR count). The molecule has 90 valence electrons. The lowest BCUT2D eigenvalue weighted by atomic mass is 10.2. The van der Waals surface area contributed by atoms with Gasteiger partial charge in [-0.25, -0.2) is 0 Å². The van der Waals surface area contributed by atoms with Gasteiger partial charge < -0.3 is 14.9 Å². The van der Waals surface area contributed by atoms with Crippen LogP contribution in [0.25, 0.3) is 0 Å². The summed E-state index contributed by atoms with van der Waals surface area (Å²) in [6.45, 7) is 1.39. The van der Waals surface area contributed by atoms with Gasteiger partial charge in [-0.1, -0.05) is 23.7 Å². The molecule has 1 aromatic heterocycles. The van der Waals surface area contributed by atoms with Gasteiger partial charge in [-0.2, -0.15) is 0 Å². The fraction of sp³-hybridized carbons (Fsp3) is 0.231. The Kier molecular flexibility index (Phi) is 4.20. The molecule has 0 bridgehead atoms. The van der Waals surface area contributed by atoms with E-state index >= 15 is 0 Å². The molecule has 0 atom stereocenters. The average Bonchev–Trinajstić information content (AvgIpc) is 2.77. The minimum atomic E-state index is 0.423. The lowest BCUT2D eigenvalue weighted by molar-refractivity contribution is 0.0922. The molecule has 0 spiro atoms. The molecule has 0 saturated heterocycles. The van der Waals surface area contributed by atoms with Crippen LogP contribution in [0, 0.1) is 0 Å². The van der Waals surface area contributed by atoms with Crippen LogP contribution in [-0.4, -0.2) is 0 Å². The van der Waals surface area contributed by atoms with Crippen molar-refractivity contribution in [3.63, 3.8) is 0 Å². The first-order valence-electron chi connectivity index (χ1n) is 5.37. The van der Waals surface area contributed by atoms with E-state index < -0.39 is 0 Å². The van der Waals surface area contributed by atoms with Crippen LogP contribution in [0.5, 0.6) is 0 Å². The van der Waals surface area contributed by atoms with Gasteiger partial charge in [0, 0.05) is 17.1 Å². The van der Waals surface area contributed by atoms with Gasteiger partial charge in [-0.3, -0.25) is 0 Å². The maximum atomic E-state index is 5.88. The van der Waals surface area contributed by atoms with E-state index in [0.717, 1.165) is 16.9 Å². The summed E-state index contributed by atoms with van der Waals surface area (Å²) in [7, 11) is 0. The van der Waals surface area contributed by atoms with Crippen LogP contribution in [0.15, 0.2) is 41.0 Å². The highest BCUT2D eigenvalue weighted by molar-refractivity contribution is 6.30. The molecule has 0 aliphatic heterocycles. The number of nitrogens with two attached hydrogens (primary N) is 1. The number of furan rings is 1. The fourth-order valence-electron chi connectivity index (χ4n) is 1.56. The Morgan fingerprint density at radius 2 is 2.12 bits per heavy atom.